The number of aliphatic carboxylic acids is 1. The van der Waals surface area contributed by atoms with Crippen molar-refractivity contribution in [3.8, 4) is 5.75 Å². The van der Waals surface area contributed by atoms with Gasteiger partial charge in [-0.25, -0.2) is 4.98 Å². The van der Waals surface area contributed by atoms with Crippen LogP contribution in [0.25, 0.3) is 0 Å². The third kappa shape index (κ3) is 4.15. The Labute approximate surface area is 161 Å². The number of rotatable bonds is 8. The van der Waals surface area contributed by atoms with Gasteiger partial charge in [-0.1, -0.05) is 23.7 Å². The second-order valence-electron chi connectivity index (χ2n) is 6.99. The average Bonchev–Trinajstić information content (AvgIpc) is 3.53. The first-order chi connectivity index (χ1) is 12.6. The first kappa shape index (κ1) is 17.7. The molecule has 6 heteroatoms. The van der Waals surface area contributed by atoms with Gasteiger partial charge in [-0.05, 0) is 54.9 Å². The maximum Gasteiger partial charge on any atom is 0.307 e. The monoisotopic (exact) mass is 389 g/mol. The van der Waals surface area contributed by atoms with Crippen LogP contribution in [0.3, 0.4) is 0 Å². The summed E-state index contributed by atoms with van der Waals surface area (Å²) in [6.07, 6.45) is 5.16. The lowest BCUT2D eigenvalue weighted by atomic mass is 10.1. The van der Waals surface area contributed by atoms with Crippen molar-refractivity contribution >= 4 is 29.3 Å². The third-order valence-corrected chi connectivity index (χ3v) is 6.45. The van der Waals surface area contributed by atoms with Crippen LogP contribution < -0.4 is 4.74 Å². The standard InChI is InChI=1S/C20H20ClNO3S/c21-17-8-13(15-9-16(15)20(23)24)5-6-18(17)25-10-14-2-1-7-22-19(14)26-11-12-3-4-12/h1-2,5-8,12,15-16H,3-4,9-11H2,(H,23,24). The smallest absolute Gasteiger partial charge is 0.307 e. The minimum absolute atomic E-state index is 0.0720. The maximum atomic E-state index is 11.0. The fourth-order valence-corrected chi connectivity index (χ4v) is 4.42. The summed E-state index contributed by atoms with van der Waals surface area (Å²) in [5, 5.41) is 10.6. The fraction of sp³-hybridized carbons (Fsp3) is 0.400. The van der Waals surface area contributed by atoms with E-state index >= 15 is 0 Å². The lowest BCUT2D eigenvalue weighted by Gasteiger charge is -2.12. The van der Waals surface area contributed by atoms with Crippen LogP contribution in [0.5, 0.6) is 5.75 Å². The van der Waals surface area contributed by atoms with Gasteiger partial charge in [-0.15, -0.1) is 11.8 Å². The molecule has 136 valence electrons. The van der Waals surface area contributed by atoms with Crippen molar-refractivity contribution in [1.29, 1.82) is 0 Å². The molecule has 0 radical (unpaired) electrons. The Balaban J connectivity index is 1.39. The molecule has 0 bridgehead atoms. The summed E-state index contributed by atoms with van der Waals surface area (Å²) in [5.74, 6) is 1.63. The predicted octanol–water partition coefficient (Wildman–Crippen LogP) is 5.00. The van der Waals surface area contributed by atoms with Crippen molar-refractivity contribution in [3.05, 3.63) is 52.7 Å². The maximum absolute atomic E-state index is 11.0. The molecule has 26 heavy (non-hydrogen) atoms. The van der Waals surface area contributed by atoms with E-state index in [1.165, 1.54) is 12.8 Å². The second kappa shape index (κ2) is 7.49. The van der Waals surface area contributed by atoms with E-state index in [1.807, 2.05) is 36.5 Å². The van der Waals surface area contributed by atoms with Crippen molar-refractivity contribution in [2.24, 2.45) is 11.8 Å². The zero-order chi connectivity index (χ0) is 18.1. The normalized spacial score (nSPS) is 21.4. The molecule has 4 nitrogen and oxygen atoms in total. The number of carbonyl (C=O) groups is 1. The van der Waals surface area contributed by atoms with Gasteiger partial charge in [0, 0.05) is 17.5 Å². The summed E-state index contributed by atoms with van der Waals surface area (Å²) in [4.78, 5) is 15.5. The van der Waals surface area contributed by atoms with Gasteiger partial charge in [0.2, 0.25) is 0 Å². The quantitative estimate of drug-likeness (QED) is 0.643. The van der Waals surface area contributed by atoms with E-state index in [2.05, 4.69) is 4.98 Å². The van der Waals surface area contributed by atoms with Crippen LogP contribution in [0.15, 0.2) is 41.6 Å². The number of aromatic nitrogens is 1. The molecule has 0 aliphatic heterocycles. The first-order valence-corrected chi connectivity index (χ1v) is 10.2. The lowest BCUT2D eigenvalue weighted by Crippen LogP contribution is -2.01. The molecule has 2 aliphatic rings. The van der Waals surface area contributed by atoms with Crippen LogP contribution in [-0.4, -0.2) is 21.8 Å². The second-order valence-corrected chi connectivity index (χ2v) is 8.40. The minimum atomic E-state index is -0.737. The van der Waals surface area contributed by atoms with Crippen molar-refractivity contribution in [2.75, 3.05) is 5.75 Å². The molecule has 0 saturated heterocycles. The number of carboxylic acids is 1. The molecule has 0 amide bonds. The van der Waals surface area contributed by atoms with Crippen LogP contribution in [0.4, 0.5) is 0 Å². The van der Waals surface area contributed by atoms with Gasteiger partial charge in [0.1, 0.15) is 17.4 Å². The molecule has 2 aromatic rings. The Morgan fingerprint density at radius 2 is 2.19 bits per heavy atom. The number of thioether (sulfide) groups is 1. The van der Waals surface area contributed by atoms with Gasteiger partial charge < -0.3 is 9.84 Å². The SMILES string of the molecule is O=C(O)C1CC1c1ccc(OCc2cccnc2SCC2CC2)c(Cl)c1. The summed E-state index contributed by atoms with van der Waals surface area (Å²) in [5.41, 5.74) is 2.03. The largest absolute Gasteiger partial charge is 0.487 e. The Bertz CT molecular complexity index is 824. The number of halogens is 1. The molecule has 1 N–H and O–H groups in total. The van der Waals surface area contributed by atoms with Gasteiger partial charge in [0.15, 0.2) is 0 Å². The Morgan fingerprint density at radius 3 is 2.88 bits per heavy atom. The molecule has 0 spiro atoms. The average molecular weight is 390 g/mol. The number of benzene rings is 1. The zero-order valence-corrected chi connectivity index (χ0v) is 15.8. The molecule has 2 fully saturated rings. The Kier molecular flexibility index (Phi) is 5.09. The molecule has 4 rings (SSSR count). The van der Waals surface area contributed by atoms with Crippen molar-refractivity contribution in [2.45, 2.75) is 36.8 Å². The summed E-state index contributed by atoms with van der Waals surface area (Å²) in [6, 6.07) is 9.54. The van der Waals surface area contributed by atoms with Crippen molar-refractivity contribution in [3.63, 3.8) is 0 Å². The highest BCUT2D eigenvalue weighted by atomic mass is 35.5. The summed E-state index contributed by atoms with van der Waals surface area (Å²) in [6.45, 7) is 0.418. The topological polar surface area (TPSA) is 59.4 Å². The molecular weight excluding hydrogens is 370 g/mol. The van der Waals surface area contributed by atoms with E-state index in [0.29, 0.717) is 23.8 Å². The summed E-state index contributed by atoms with van der Waals surface area (Å²) in [7, 11) is 0. The molecule has 2 atom stereocenters. The summed E-state index contributed by atoms with van der Waals surface area (Å²) < 4.78 is 5.91. The van der Waals surface area contributed by atoms with Crippen LogP contribution in [0.1, 0.15) is 36.3 Å². The van der Waals surface area contributed by atoms with Gasteiger partial charge in [-0.3, -0.25) is 4.79 Å². The van der Waals surface area contributed by atoms with Crippen molar-refractivity contribution < 1.29 is 14.6 Å². The Hall–Kier alpha value is -1.72. The molecular formula is C20H20ClNO3S. The number of pyridine rings is 1. The van der Waals surface area contributed by atoms with Gasteiger partial charge >= 0.3 is 5.97 Å². The van der Waals surface area contributed by atoms with Crippen LogP contribution in [-0.2, 0) is 11.4 Å². The molecule has 2 saturated carbocycles. The van der Waals surface area contributed by atoms with Crippen LogP contribution in [0, 0.1) is 11.8 Å². The molecule has 1 heterocycles. The molecule has 2 unspecified atom stereocenters. The first-order valence-electron chi connectivity index (χ1n) is 8.83. The van der Waals surface area contributed by atoms with E-state index in [4.69, 9.17) is 21.4 Å². The van der Waals surface area contributed by atoms with E-state index in [9.17, 15) is 4.79 Å². The number of hydrogen-bond acceptors (Lipinski definition) is 4. The highest BCUT2D eigenvalue weighted by Crippen LogP contribution is 2.48. The van der Waals surface area contributed by atoms with Crippen molar-refractivity contribution in [1.82, 2.24) is 4.98 Å². The van der Waals surface area contributed by atoms with E-state index in [0.717, 1.165) is 27.8 Å². The molecule has 1 aromatic carbocycles. The lowest BCUT2D eigenvalue weighted by molar-refractivity contribution is -0.138. The van der Waals surface area contributed by atoms with Gasteiger partial charge in [0.05, 0.1) is 10.9 Å². The molecule has 1 aromatic heterocycles. The van der Waals surface area contributed by atoms with E-state index < -0.39 is 5.97 Å². The Morgan fingerprint density at radius 1 is 1.35 bits per heavy atom. The third-order valence-electron chi connectivity index (χ3n) is 4.88. The highest BCUT2D eigenvalue weighted by Gasteiger charge is 2.44. The van der Waals surface area contributed by atoms with E-state index in [1.54, 1.807) is 11.8 Å². The number of hydrogen-bond donors (Lipinski definition) is 1. The number of ether oxygens (including phenoxy) is 1. The van der Waals surface area contributed by atoms with E-state index in [-0.39, 0.29) is 11.8 Å². The zero-order valence-electron chi connectivity index (χ0n) is 14.2. The summed E-state index contributed by atoms with van der Waals surface area (Å²) >= 11 is 8.15. The minimum Gasteiger partial charge on any atom is -0.487 e. The predicted molar refractivity (Wildman–Crippen MR) is 102 cm³/mol. The van der Waals surface area contributed by atoms with Gasteiger partial charge in [-0.2, -0.15) is 0 Å². The van der Waals surface area contributed by atoms with Crippen LogP contribution in [0.2, 0.25) is 5.02 Å². The number of carboxylic acid groups (broad SMARTS) is 1. The highest BCUT2D eigenvalue weighted by molar-refractivity contribution is 7.99. The number of nitrogens with zero attached hydrogens (tertiary/aromatic N) is 1. The van der Waals surface area contributed by atoms with Crippen LogP contribution >= 0.6 is 23.4 Å². The fourth-order valence-electron chi connectivity index (χ4n) is 3.00. The van der Waals surface area contributed by atoms with Gasteiger partial charge in [0.25, 0.3) is 0 Å². The molecule has 2 aliphatic carbocycles.